The van der Waals surface area contributed by atoms with Crippen molar-refractivity contribution in [3.8, 4) is 72.6 Å². The third-order valence-corrected chi connectivity index (χ3v) is 15.6. The molecular formula is C75H56N2. The number of pyridine rings is 1. The van der Waals surface area contributed by atoms with E-state index in [1.165, 1.54) is 122 Å². The molecule has 0 atom stereocenters. The predicted molar refractivity (Wildman–Crippen MR) is 324 cm³/mol. The number of para-hydroxylation sites is 2. The van der Waals surface area contributed by atoms with Crippen molar-refractivity contribution in [2.45, 2.75) is 26.2 Å². The summed E-state index contributed by atoms with van der Waals surface area (Å²) >= 11 is 0. The Morgan fingerprint density at radius 3 is 1.43 bits per heavy atom. The average Bonchev–Trinajstić information content (AvgIpc) is 4.32. The molecule has 0 N–H and O–H groups in total. The van der Waals surface area contributed by atoms with Crippen LogP contribution in [-0.4, -0.2) is 9.55 Å². The minimum atomic E-state index is -0.189. The fourth-order valence-electron chi connectivity index (χ4n) is 12.2. The molecule has 0 fully saturated rings. The van der Waals surface area contributed by atoms with E-state index >= 15 is 0 Å². The van der Waals surface area contributed by atoms with E-state index in [-0.39, 0.29) is 5.41 Å². The van der Waals surface area contributed by atoms with Gasteiger partial charge in [0.2, 0.25) is 0 Å². The standard InChI is InChI=1S/C36H26N2.C26H18.C13H12/c1-25-21-27(23-28(22-25)34-16-9-10-20-37-34)31-14-6-5-13-30(31)26-18-19-33-32-15-7-8-17-35(32)38(36(33)24-26)29-11-3-2-4-12-29;1-17-14-15-21-20-10-4-7-13-24(20)26(25(21)16-17)22-11-5-2-8-18(22)19-9-3-6-12-23(19)26;1-11-7-9-13(10-8-11)12-5-3-2-4-6-12/h2-24H,1H3;2-16H,1H3;2-10H,1H3. The first-order chi connectivity index (χ1) is 37.9. The van der Waals surface area contributed by atoms with Crippen molar-refractivity contribution in [3.05, 3.63) is 324 Å². The Morgan fingerprint density at radius 1 is 0.286 bits per heavy atom. The van der Waals surface area contributed by atoms with Crippen LogP contribution < -0.4 is 0 Å². The van der Waals surface area contributed by atoms with Gasteiger partial charge in [-0.15, -0.1) is 0 Å². The number of benzene rings is 11. The molecule has 2 heteroatoms. The SMILES string of the molecule is Cc1cc(-c2ccccn2)cc(-c2ccccc2-c2ccc3c4ccccc4n(-c4ccccc4)c3c2)c1.Cc1ccc(-c2ccccc2)cc1.Cc1ccc2c(c1)C1(c3ccccc3-c3ccccc31)c1ccccc1-2. The molecule has 2 aliphatic carbocycles. The summed E-state index contributed by atoms with van der Waals surface area (Å²) < 4.78 is 2.38. The first kappa shape index (κ1) is 47.1. The van der Waals surface area contributed by atoms with Crippen molar-refractivity contribution in [1.29, 1.82) is 0 Å². The molecule has 2 aromatic heterocycles. The summed E-state index contributed by atoms with van der Waals surface area (Å²) in [6, 6.07) is 101. The molecule has 13 aromatic rings. The number of aryl methyl sites for hydroxylation is 3. The van der Waals surface area contributed by atoms with Gasteiger partial charge >= 0.3 is 0 Å². The van der Waals surface area contributed by atoms with Gasteiger partial charge in [0, 0.05) is 28.2 Å². The summed E-state index contributed by atoms with van der Waals surface area (Å²) in [7, 11) is 0. The average molecular weight is 985 g/mol. The molecule has 0 unspecified atom stereocenters. The second-order valence-electron chi connectivity index (χ2n) is 20.4. The lowest BCUT2D eigenvalue weighted by molar-refractivity contribution is 0.792. The van der Waals surface area contributed by atoms with Gasteiger partial charge in [0.15, 0.2) is 0 Å². The monoisotopic (exact) mass is 984 g/mol. The van der Waals surface area contributed by atoms with Crippen LogP contribution >= 0.6 is 0 Å². The summed E-state index contributed by atoms with van der Waals surface area (Å²) in [4.78, 5) is 4.60. The van der Waals surface area contributed by atoms with Crippen LogP contribution in [0.15, 0.2) is 285 Å². The second-order valence-corrected chi connectivity index (χ2v) is 20.4. The lowest BCUT2D eigenvalue weighted by Crippen LogP contribution is -2.25. The van der Waals surface area contributed by atoms with Crippen LogP contribution in [0.1, 0.15) is 38.9 Å². The molecule has 0 saturated heterocycles. The molecule has 2 aliphatic rings. The van der Waals surface area contributed by atoms with E-state index in [1.807, 2.05) is 24.4 Å². The van der Waals surface area contributed by atoms with E-state index in [2.05, 4.69) is 291 Å². The highest BCUT2D eigenvalue weighted by atomic mass is 15.0. The summed E-state index contributed by atoms with van der Waals surface area (Å²) in [5.74, 6) is 0. The van der Waals surface area contributed by atoms with E-state index in [0.717, 1.165) is 11.3 Å². The highest BCUT2D eigenvalue weighted by Crippen LogP contribution is 2.62. The lowest BCUT2D eigenvalue weighted by Gasteiger charge is -2.30. The summed E-state index contributed by atoms with van der Waals surface area (Å²) in [6.45, 7) is 6.46. The normalized spacial score (nSPS) is 12.2. The van der Waals surface area contributed by atoms with Gasteiger partial charge < -0.3 is 4.57 Å². The van der Waals surface area contributed by atoms with Gasteiger partial charge in [-0.25, -0.2) is 0 Å². The maximum Gasteiger partial charge on any atom is 0.0725 e. The topological polar surface area (TPSA) is 17.8 Å². The highest BCUT2D eigenvalue weighted by Gasteiger charge is 2.51. The Morgan fingerprint density at radius 2 is 0.779 bits per heavy atom. The number of rotatable bonds is 5. The highest BCUT2D eigenvalue weighted by molar-refractivity contribution is 6.10. The van der Waals surface area contributed by atoms with Crippen LogP contribution in [0, 0.1) is 20.8 Å². The third kappa shape index (κ3) is 8.36. The molecule has 0 aliphatic heterocycles. The van der Waals surface area contributed by atoms with Crippen molar-refractivity contribution in [2.75, 3.05) is 0 Å². The maximum atomic E-state index is 4.60. The Bertz CT molecular complexity index is 4220. The van der Waals surface area contributed by atoms with E-state index in [0.29, 0.717) is 0 Å². The molecule has 15 rings (SSSR count). The van der Waals surface area contributed by atoms with E-state index in [4.69, 9.17) is 0 Å². The molecule has 11 aromatic carbocycles. The van der Waals surface area contributed by atoms with Gasteiger partial charge in [0.25, 0.3) is 0 Å². The molecule has 0 radical (unpaired) electrons. The number of hydrogen-bond donors (Lipinski definition) is 0. The smallest absolute Gasteiger partial charge is 0.0725 e. The van der Waals surface area contributed by atoms with Crippen molar-refractivity contribution >= 4 is 21.8 Å². The van der Waals surface area contributed by atoms with Gasteiger partial charge in [-0.1, -0.05) is 242 Å². The molecule has 366 valence electrons. The van der Waals surface area contributed by atoms with Crippen molar-refractivity contribution < 1.29 is 0 Å². The predicted octanol–water partition coefficient (Wildman–Crippen LogP) is 19.5. The lowest BCUT2D eigenvalue weighted by atomic mass is 9.70. The quantitative estimate of drug-likeness (QED) is 0.168. The molecule has 0 bridgehead atoms. The molecule has 0 saturated carbocycles. The van der Waals surface area contributed by atoms with E-state index in [1.54, 1.807) is 0 Å². The zero-order valence-electron chi connectivity index (χ0n) is 43.5. The van der Waals surface area contributed by atoms with Crippen molar-refractivity contribution in [3.63, 3.8) is 0 Å². The van der Waals surface area contributed by atoms with E-state index < -0.39 is 0 Å². The first-order valence-corrected chi connectivity index (χ1v) is 26.7. The minimum absolute atomic E-state index is 0.189. The van der Waals surface area contributed by atoms with Crippen molar-refractivity contribution in [1.82, 2.24) is 9.55 Å². The largest absolute Gasteiger partial charge is 0.309 e. The van der Waals surface area contributed by atoms with Gasteiger partial charge in [-0.3, -0.25) is 4.98 Å². The number of fused-ring (bicyclic) bond motifs is 13. The number of aromatic nitrogens is 2. The third-order valence-electron chi connectivity index (χ3n) is 15.6. The molecule has 1 spiro atoms. The second kappa shape index (κ2) is 19.9. The Hall–Kier alpha value is -9.63. The summed E-state index contributed by atoms with van der Waals surface area (Å²) in [6.07, 6.45) is 1.85. The van der Waals surface area contributed by atoms with Gasteiger partial charge in [0.05, 0.1) is 22.1 Å². The molecule has 0 amide bonds. The van der Waals surface area contributed by atoms with Crippen LogP contribution in [0.2, 0.25) is 0 Å². The van der Waals surface area contributed by atoms with Gasteiger partial charge in [-0.2, -0.15) is 0 Å². The fourth-order valence-corrected chi connectivity index (χ4v) is 12.2. The molecule has 2 nitrogen and oxygen atoms in total. The summed E-state index contributed by atoms with van der Waals surface area (Å²) in [5.41, 5.74) is 27.9. The zero-order valence-corrected chi connectivity index (χ0v) is 43.5. The molecule has 2 heterocycles. The Balaban J connectivity index is 0.000000124. The van der Waals surface area contributed by atoms with Crippen molar-refractivity contribution in [2.24, 2.45) is 0 Å². The zero-order chi connectivity index (χ0) is 51.9. The summed E-state index contributed by atoms with van der Waals surface area (Å²) in [5, 5.41) is 2.53. The van der Waals surface area contributed by atoms with Gasteiger partial charge in [-0.05, 0) is 153 Å². The Labute approximate surface area is 451 Å². The first-order valence-electron chi connectivity index (χ1n) is 26.7. The van der Waals surface area contributed by atoms with Crippen LogP contribution in [0.25, 0.3) is 94.4 Å². The van der Waals surface area contributed by atoms with Crippen LogP contribution in [0.5, 0.6) is 0 Å². The van der Waals surface area contributed by atoms with E-state index in [9.17, 15) is 0 Å². The number of hydrogen-bond acceptors (Lipinski definition) is 1. The van der Waals surface area contributed by atoms with Crippen LogP contribution in [-0.2, 0) is 5.41 Å². The van der Waals surface area contributed by atoms with Crippen LogP contribution in [0.3, 0.4) is 0 Å². The van der Waals surface area contributed by atoms with Gasteiger partial charge in [0.1, 0.15) is 0 Å². The van der Waals surface area contributed by atoms with Crippen LogP contribution in [0.4, 0.5) is 0 Å². The number of nitrogens with zero attached hydrogens (tertiary/aromatic N) is 2. The Kier molecular flexibility index (Phi) is 12.2. The maximum absolute atomic E-state index is 4.60. The molecular weight excluding hydrogens is 929 g/mol. The minimum Gasteiger partial charge on any atom is -0.309 e. The fraction of sp³-hybridized carbons (Fsp3) is 0.0533. The molecule has 77 heavy (non-hydrogen) atoms.